The molecule has 0 aromatic heterocycles. The highest BCUT2D eigenvalue weighted by Crippen LogP contribution is 2.52. The number of carbonyl (C=O) groups excluding carboxylic acids is 2. The van der Waals surface area contributed by atoms with Gasteiger partial charge in [-0.1, -0.05) is 38.1 Å². The van der Waals surface area contributed by atoms with Crippen molar-refractivity contribution in [2.45, 2.75) is 45.2 Å². The summed E-state index contributed by atoms with van der Waals surface area (Å²) in [7, 11) is 0. The monoisotopic (exact) mass is 287 g/mol. The van der Waals surface area contributed by atoms with Crippen LogP contribution in [-0.4, -0.2) is 28.9 Å². The third-order valence-corrected chi connectivity index (χ3v) is 4.90. The van der Waals surface area contributed by atoms with Gasteiger partial charge in [-0.25, -0.2) is 4.79 Å². The Morgan fingerprint density at radius 3 is 2.81 bits per heavy atom. The van der Waals surface area contributed by atoms with E-state index in [1.807, 2.05) is 45.0 Å². The van der Waals surface area contributed by atoms with E-state index in [-0.39, 0.29) is 23.7 Å². The Morgan fingerprint density at radius 1 is 1.43 bits per heavy atom. The van der Waals surface area contributed by atoms with Crippen LogP contribution in [0.1, 0.15) is 44.2 Å². The van der Waals surface area contributed by atoms with Crippen LogP contribution >= 0.6 is 0 Å². The molecule has 0 spiro atoms. The van der Waals surface area contributed by atoms with Crippen molar-refractivity contribution in [3.8, 4) is 0 Å². The maximum Gasteiger partial charge on any atom is 0.332 e. The average Bonchev–Trinajstić information content (AvgIpc) is 2.66. The minimum atomic E-state index is -0.846. The van der Waals surface area contributed by atoms with E-state index in [2.05, 4.69) is 0 Å². The summed E-state index contributed by atoms with van der Waals surface area (Å²) in [4.78, 5) is 27.0. The lowest BCUT2D eigenvalue weighted by Crippen LogP contribution is -2.60. The summed E-state index contributed by atoms with van der Waals surface area (Å²) in [6, 6.07) is 8.06. The number of hydrogen-bond donors (Lipinski definition) is 0. The Kier molecular flexibility index (Phi) is 3.27. The van der Waals surface area contributed by atoms with Gasteiger partial charge < -0.3 is 9.64 Å². The summed E-state index contributed by atoms with van der Waals surface area (Å²) in [6.45, 7) is 6.65. The molecule has 2 atom stereocenters. The first-order valence-corrected chi connectivity index (χ1v) is 7.59. The fourth-order valence-corrected chi connectivity index (χ4v) is 4.04. The van der Waals surface area contributed by atoms with Crippen molar-refractivity contribution in [3.05, 3.63) is 35.4 Å². The highest BCUT2D eigenvalue weighted by molar-refractivity contribution is 5.95. The molecule has 2 heterocycles. The van der Waals surface area contributed by atoms with Crippen molar-refractivity contribution in [2.75, 3.05) is 6.61 Å². The molecule has 0 N–H and O–H groups in total. The van der Waals surface area contributed by atoms with Gasteiger partial charge in [-0.05, 0) is 24.0 Å². The molecule has 21 heavy (non-hydrogen) atoms. The molecule has 0 saturated carbocycles. The maximum absolute atomic E-state index is 12.8. The minimum absolute atomic E-state index is 0.0151. The van der Waals surface area contributed by atoms with Crippen molar-refractivity contribution in [1.29, 1.82) is 0 Å². The van der Waals surface area contributed by atoms with Gasteiger partial charge in [0, 0.05) is 18.9 Å². The summed E-state index contributed by atoms with van der Waals surface area (Å²) in [5, 5.41) is 0. The fourth-order valence-electron chi connectivity index (χ4n) is 4.04. The van der Waals surface area contributed by atoms with Gasteiger partial charge in [0.25, 0.3) is 0 Å². The SMILES string of the molecule is CCOC(=O)[C@@]1(C(C)C)[C@@H]2CC(=O)N1Cc1ccccc12. The highest BCUT2D eigenvalue weighted by atomic mass is 16.5. The number of amides is 1. The summed E-state index contributed by atoms with van der Waals surface area (Å²) < 4.78 is 5.36. The topological polar surface area (TPSA) is 46.6 Å². The lowest BCUT2D eigenvalue weighted by atomic mass is 9.69. The van der Waals surface area contributed by atoms with Gasteiger partial charge in [-0.2, -0.15) is 0 Å². The molecule has 1 aromatic carbocycles. The first-order chi connectivity index (χ1) is 10.0. The lowest BCUT2D eigenvalue weighted by molar-refractivity contribution is -0.165. The van der Waals surface area contributed by atoms with Crippen LogP contribution in [0.25, 0.3) is 0 Å². The van der Waals surface area contributed by atoms with Gasteiger partial charge in [0.05, 0.1) is 6.61 Å². The predicted octanol–water partition coefficient (Wildman–Crippen LogP) is 2.47. The quantitative estimate of drug-likeness (QED) is 0.802. The molecule has 4 heteroatoms. The van der Waals surface area contributed by atoms with Crippen molar-refractivity contribution >= 4 is 11.9 Å². The number of hydrogen-bond acceptors (Lipinski definition) is 3. The molecule has 1 saturated heterocycles. The number of carbonyl (C=O) groups is 2. The Morgan fingerprint density at radius 2 is 2.14 bits per heavy atom. The molecular weight excluding hydrogens is 266 g/mol. The van der Waals surface area contributed by atoms with Gasteiger partial charge in [0.2, 0.25) is 5.91 Å². The molecule has 4 nitrogen and oxygen atoms in total. The Bertz CT molecular complexity index is 595. The summed E-state index contributed by atoms with van der Waals surface area (Å²) >= 11 is 0. The van der Waals surface area contributed by atoms with E-state index in [1.165, 1.54) is 0 Å². The average molecular weight is 287 g/mol. The number of ether oxygens (including phenoxy) is 1. The second-order valence-electron chi connectivity index (χ2n) is 6.14. The molecule has 2 aliphatic heterocycles. The van der Waals surface area contributed by atoms with E-state index in [1.54, 1.807) is 4.90 Å². The zero-order valence-corrected chi connectivity index (χ0v) is 12.8. The van der Waals surface area contributed by atoms with Gasteiger partial charge in [-0.15, -0.1) is 0 Å². The van der Waals surface area contributed by atoms with Crippen molar-refractivity contribution < 1.29 is 14.3 Å². The normalized spacial score (nSPS) is 27.0. The standard InChI is InChI=1S/C17H21NO3/c1-4-21-16(20)17(11(2)3)14-9-15(19)18(17)10-12-7-5-6-8-13(12)14/h5-8,11,14H,4,9-10H2,1-3H3/t14-,17-/m1/s1. The van der Waals surface area contributed by atoms with Crippen LogP contribution in [0.15, 0.2) is 24.3 Å². The molecule has 1 fully saturated rings. The van der Waals surface area contributed by atoms with E-state index in [0.29, 0.717) is 19.6 Å². The van der Waals surface area contributed by atoms with Crippen LogP contribution in [0.5, 0.6) is 0 Å². The van der Waals surface area contributed by atoms with E-state index in [4.69, 9.17) is 4.74 Å². The van der Waals surface area contributed by atoms with Crippen LogP contribution in [0.2, 0.25) is 0 Å². The fraction of sp³-hybridized carbons (Fsp3) is 0.529. The summed E-state index contributed by atoms with van der Waals surface area (Å²) in [5.41, 5.74) is 1.43. The first kappa shape index (κ1) is 14.1. The highest BCUT2D eigenvalue weighted by Gasteiger charge is 2.63. The molecule has 0 aliphatic carbocycles. The zero-order chi connectivity index (χ0) is 15.2. The Balaban J connectivity index is 2.18. The Hall–Kier alpha value is -1.84. The number of benzene rings is 1. The minimum Gasteiger partial charge on any atom is -0.464 e. The molecule has 112 valence electrons. The third kappa shape index (κ3) is 1.74. The van der Waals surface area contributed by atoms with E-state index in [0.717, 1.165) is 11.1 Å². The van der Waals surface area contributed by atoms with Gasteiger partial charge in [-0.3, -0.25) is 4.79 Å². The van der Waals surface area contributed by atoms with Crippen LogP contribution in [-0.2, 0) is 20.9 Å². The second kappa shape index (κ2) is 4.86. The molecule has 1 amide bonds. The molecule has 1 aromatic rings. The molecule has 0 unspecified atom stereocenters. The number of fused-ring (bicyclic) bond motifs is 4. The zero-order valence-electron chi connectivity index (χ0n) is 12.8. The Labute approximate surface area is 125 Å². The lowest BCUT2D eigenvalue weighted by Gasteiger charge is -2.46. The van der Waals surface area contributed by atoms with E-state index >= 15 is 0 Å². The van der Waals surface area contributed by atoms with Crippen molar-refractivity contribution in [3.63, 3.8) is 0 Å². The largest absolute Gasteiger partial charge is 0.464 e. The second-order valence-corrected chi connectivity index (χ2v) is 6.14. The van der Waals surface area contributed by atoms with Crippen LogP contribution < -0.4 is 0 Å². The van der Waals surface area contributed by atoms with Gasteiger partial charge >= 0.3 is 5.97 Å². The van der Waals surface area contributed by atoms with Crippen LogP contribution in [0.4, 0.5) is 0 Å². The summed E-state index contributed by atoms with van der Waals surface area (Å²) in [5.74, 6) is -0.293. The maximum atomic E-state index is 12.8. The van der Waals surface area contributed by atoms with Gasteiger partial charge in [0.15, 0.2) is 5.54 Å². The summed E-state index contributed by atoms with van der Waals surface area (Å²) in [6.07, 6.45) is 0.397. The first-order valence-electron chi connectivity index (χ1n) is 7.59. The molecule has 2 bridgehead atoms. The number of nitrogens with zero attached hydrogens (tertiary/aromatic N) is 1. The number of rotatable bonds is 3. The van der Waals surface area contributed by atoms with Crippen molar-refractivity contribution in [1.82, 2.24) is 4.90 Å². The molecule has 3 rings (SSSR count). The van der Waals surface area contributed by atoms with Crippen LogP contribution in [0.3, 0.4) is 0 Å². The number of esters is 1. The molecular formula is C17H21NO3. The predicted molar refractivity (Wildman–Crippen MR) is 78.6 cm³/mol. The smallest absolute Gasteiger partial charge is 0.332 e. The van der Waals surface area contributed by atoms with E-state index in [9.17, 15) is 9.59 Å². The van der Waals surface area contributed by atoms with Gasteiger partial charge in [0.1, 0.15) is 0 Å². The molecule has 2 aliphatic rings. The third-order valence-electron chi connectivity index (χ3n) is 4.90. The van der Waals surface area contributed by atoms with Crippen molar-refractivity contribution in [2.24, 2.45) is 5.92 Å². The van der Waals surface area contributed by atoms with Crippen LogP contribution in [0, 0.1) is 5.92 Å². The molecule has 0 radical (unpaired) electrons. The van der Waals surface area contributed by atoms with E-state index < -0.39 is 5.54 Å².